The molecule has 0 spiro atoms. The average molecular weight is 467 g/mol. The van der Waals surface area contributed by atoms with Crippen LogP contribution in [0.4, 0.5) is 17.3 Å². The molecule has 2 heterocycles. The Kier molecular flexibility index (Phi) is 7.68. The number of primary amides is 1. The average Bonchev–Trinajstić information content (AvgIpc) is 2.81. The summed E-state index contributed by atoms with van der Waals surface area (Å²) in [7, 11) is 2.18. The van der Waals surface area contributed by atoms with Crippen LogP contribution in [0.5, 0.6) is 0 Å². The minimum Gasteiger partial charge on any atom is -0.393 e. The number of benzene rings is 1. The van der Waals surface area contributed by atoms with Gasteiger partial charge in [-0.15, -0.1) is 0 Å². The number of carbonyl (C=O) groups is 1. The lowest BCUT2D eigenvalue weighted by atomic mass is 9.87. The van der Waals surface area contributed by atoms with E-state index in [4.69, 9.17) is 10.7 Å². The lowest BCUT2D eigenvalue weighted by Crippen LogP contribution is -2.29. The maximum Gasteiger partial charge on any atom is 0.271 e. The van der Waals surface area contributed by atoms with Gasteiger partial charge in [0.25, 0.3) is 5.91 Å². The van der Waals surface area contributed by atoms with E-state index in [1.165, 1.54) is 24.0 Å². The van der Waals surface area contributed by atoms with E-state index in [2.05, 4.69) is 52.7 Å². The van der Waals surface area contributed by atoms with Gasteiger partial charge in [-0.05, 0) is 101 Å². The van der Waals surface area contributed by atoms with E-state index in [0.29, 0.717) is 24.0 Å². The number of aromatic nitrogens is 2. The predicted octanol–water partition coefficient (Wildman–Crippen LogP) is 3.71. The summed E-state index contributed by atoms with van der Waals surface area (Å²) in [6, 6.07) is 6.59. The van der Waals surface area contributed by atoms with E-state index in [-0.39, 0.29) is 17.8 Å². The number of amides is 1. The van der Waals surface area contributed by atoms with Crippen LogP contribution in [0.25, 0.3) is 0 Å². The lowest BCUT2D eigenvalue weighted by molar-refractivity contribution is 0.0996. The summed E-state index contributed by atoms with van der Waals surface area (Å²) in [5.41, 5.74) is 10.0. The van der Waals surface area contributed by atoms with Crippen LogP contribution in [0.2, 0.25) is 0 Å². The molecule has 8 nitrogen and oxygen atoms in total. The van der Waals surface area contributed by atoms with Gasteiger partial charge < -0.3 is 26.4 Å². The maximum atomic E-state index is 12.2. The van der Waals surface area contributed by atoms with Gasteiger partial charge in [0.05, 0.1) is 11.8 Å². The Bertz CT molecular complexity index is 1010. The molecule has 0 unspecified atom stereocenters. The fourth-order valence-electron chi connectivity index (χ4n) is 5.17. The van der Waals surface area contributed by atoms with Crippen molar-refractivity contribution < 1.29 is 9.90 Å². The minimum atomic E-state index is -0.600. The number of nitrogens with one attached hydrogen (secondary N) is 2. The van der Waals surface area contributed by atoms with E-state index in [9.17, 15) is 9.90 Å². The molecule has 0 atom stereocenters. The van der Waals surface area contributed by atoms with Crippen LogP contribution in [0.15, 0.2) is 18.2 Å². The number of aliphatic hydroxyl groups excluding tert-OH is 1. The molecule has 2 aromatic rings. The number of nitrogens with zero attached hydrogens (tertiary/aromatic N) is 3. The van der Waals surface area contributed by atoms with Crippen LogP contribution in [0, 0.1) is 6.92 Å². The van der Waals surface area contributed by atoms with E-state index in [1.54, 1.807) is 0 Å². The molecule has 0 radical (unpaired) electrons. The number of carbonyl (C=O) groups excluding carboxylic acids is 1. The Morgan fingerprint density at radius 1 is 1.12 bits per heavy atom. The van der Waals surface area contributed by atoms with Crippen LogP contribution in [0.3, 0.4) is 0 Å². The van der Waals surface area contributed by atoms with Crippen LogP contribution < -0.4 is 16.4 Å². The first-order valence-electron chi connectivity index (χ1n) is 12.6. The zero-order chi connectivity index (χ0) is 24.2. The molecule has 1 aliphatic carbocycles. The van der Waals surface area contributed by atoms with E-state index < -0.39 is 5.91 Å². The molecule has 184 valence electrons. The van der Waals surface area contributed by atoms with Crippen LogP contribution in [-0.4, -0.2) is 58.2 Å². The van der Waals surface area contributed by atoms with Gasteiger partial charge >= 0.3 is 0 Å². The van der Waals surface area contributed by atoms with Gasteiger partial charge in [-0.25, -0.2) is 9.97 Å². The molecule has 1 aromatic carbocycles. The van der Waals surface area contributed by atoms with Crippen molar-refractivity contribution in [2.75, 3.05) is 30.8 Å². The Morgan fingerprint density at radius 3 is 2.44 bits per heavy atom. The van der Waals surface area contributed by atoms with Crippen molar-refractivity contribution in [1.29, 1.82) is 0 Å². The monoisotopic (exact) mass is 466 g/mol. The third kappa shape index (κ3) is 5.67. The van der Waals surface area contributed by atoms with Crippen LogP contribution in [-0.2, 0) is 6.42 Å². The Labute approximate surface area is 202 Å². The quantitative estimate of drug-likeness (QED) is 0.491. The third-order valence-electron chi connectivity index (χ3n) is 7.26. The molecule has 1 aliphatic heterocycles. The molecule has 0 bridgehead atoms. The molecular weight excluding hydrogens is 428 g/mol. The van der Waals surface area contributed by atoms with Gasteiger partial charge in [0, 0.05) is 11.7 Å². The highest BCUT2D eigenvalue weighted by Crippen LogP contribution is 2.32. The molecule has 1 amide bonds. The smallest absolute Gasteiger partial charge is 0.271 e. The highest BCUT2D eigenvalue weighted by Gasteiger charge is 2.24. The number of hydrogen-bond donors (Lipinski definition) is 4. The summed E-state index contributed by atoms with van der Waals surface area (Å²) >= 11 is 0. The minimum absolute atomic E-state index is 0.151. The molecule has 5 N–H and O–H groups in total. The molecule has 34 heavy (non-hydrogen) atoms. The van der Waals surface area contributed by atoms with Gasteiger partial charge in [0.15, 0.2) is 11.5 Å². The SMILES string of the molecule is CCc1nc(C(N)=O)c(Nc2ccc(C3CCN(C)CC3)c(C)c2)nc1N[C@H]1CC[C@H](O)CC1. The van der Waals surface area contributed by atoms with E-state index in [0.717, 1.165) is 50.2 Å². The highest BCUT2D eigenvalue weighted by atomic mass is 16.3. The van der Waals surface area contributed by atoms with Gasteiger partial charge in [0.2, 0.25) is 0 Å². The molecule has 1 saturated heterocycles. The third-order valence-corrected chi connectivity index (χ3v) is 7.26. The highest BCUT2D eigenvalue weighted by molar-refractivity contribution is 5.96. The topological polar surface area (TPSA) is 116 Å². The summed E-state index contributed by atoms with van der Waals surface area (Å²) in [5.74, 6) is 1.03. The molecule has 2 aliphatic rings. The summed E-state index contributed by atoms with van der Waals surface area (Å²) < 4.78 is 0. The number of aliphatic hydroxyl groups is 1. The Morgan fingerprint density at radius 2 is 1.82 bits per heavy atom. The van der Waals surface area contributed by atoms with Gasteiger partial charge in [-0.1, -0.05) is 13.0 Å². The van der Waals surface area contributed by atoms with Gasteiger partial charge in [0.1, 0.15) is 5.82 Å². The van der Waals surface area contributed by atoms with Crippen molar-refractivity contribution in [1.82, 2.24) is 14.9 Å². The van der Waals surface area contributed by atoms with Crippen molar-refractivity contribution in [2.24, 2.45) is 5.73 Å². The van der Waals surface area contributed by atoms with Crippen molar-refractivity contribution >= 4 is 23.2 Å². The second-order valence-corrected chi connectivity index (χ2v) is 9.86. The van der Waals surface area contributed by atoms with E-state index in [1.807, 2.05) is 6.92 Å². The molecular formula is C26H38N6O2. The predicted molar refractivity (Wildman–Crippen MR) is 136 cm³/mol. The number of anilines is 3. The summed E-state index contributed by atoms with van der Waals surface area (Å²) in [6.45, 7) is 6.38. The van der Waals surface area contributed by atoms with Crippen molar-refractivity contribution in [3.05, 3.63) is 40.7 Å². The van der Waals surface area contributed by atoms with E-state index >= 15 is 0 Å². The van der Waals surface area contributed by atoms with Crippen molar-refractivity contribution in [3.63, 3.8) is 0 Å². The number of piperidine rings is 1. The van der Waals surface area contributed by atoms with Crippen molar-refractivity contribution in [2.45, 2.75) is 76.9 Å². The number of rotatable bonds is 7. The first-order valence-corrected chi connectivity index (χ1v) is 12.6. The number of aryl methyl sites for hydroxylation is 2. The second kappa shape index (κ2) is 10.7. The van der Waals surface area contributed by atoms with Crippen LogP contribution in [0.1, 0.15) is 78.7 Å². The second-order valence-electron chi connectivity index (χ2n) is 9.86. The molecule has 4 rings (SSSR count). The zero-order valence-corrected chi connectivity index (χ0v) is 20.6. The zero-order valence-electron chi connectivity index (χ0n) is 20.6. The van der Waals surface area contributed by atoms with Gasteiger partial charge in [-0.3, -0.25) is 4.79 Å². The fraction of sp³-hybridized carbons (Fsp3) is 0.577. The lowest BCUT2D eigenvalue weighted by Gasteiger charge is -2.30. The summed E-state index contributed by atoms with van der Waals surface area (Å²) in [4.78, 5) is 23.9. The molecule has 1 aromatic heterocycles. The summed E-state index contributed by atoms with van der Waals surface area (Å²) in [6.07, 6.45) is 6.08. The Hall–Kier alpha value is -2.71. The summed E-state index contributed by atoms with van der Waals surface area (Å²) in [5, 5.41) is 16.6. The van der Waals surface area contributed by atoms with Gasteiger partial charge in [-0.2, -0.15) is 0 Å². The van der Waals surface area contributed by atoms with Crippen molar-refractivity contribution in [3.8, 4) is 0 Å². The number of likely N-dealkylation sites (tertiary alicyclic amines) is 1. The first kappa shape index (κ1) is 24.4. The molecule has 8 heteroatoms. The molecule has 1 saturated carbocycles. The normalized spacial score (nSPS) is 21.9. The molecule has 2 fully saturated rings. The standard InChI is InChI=1S/C26H38N6O2/c1-4-22-25(28-18-5-8-20(33)9-6-18)31-26(23(30-22)24(27)34)29-19-7-10-21(16(2)15-19)17-11-13-32(3)14-12-17/h7,10,15,17-18,20,33H,4-6,8-9,11-14H2,1-3H3,(H2,27,34)(H2,28,29,31)/t18-,20-. The Balaban J connectivity index is 1.57. The number of nitrogens with two attached hydrogens (primary N) is 1. The maximum absolute atomic E-state index is 12.2. The fourth-order valence-corrected chi connectivity index (χ4v) is 5.17. The first-order chi connectivity index (χ1) is 16.3. The van der Waals surface area contributed by atoms with Crippen LogP contribution >= 0.6 is 0 Å². The largest absolute Gasteiger partial charge is 0.393 e. The number of hydrogen-bond acceptors (Lipinski definition) is 7.